The van der Waals surface area contributed by atoms with Gasteiger partial charge in [0.05, 0.1) is 25.0 Å². The van der Waals surface area contributed by atoms with Crippen molar-refractivity contribution in [2.45, 2.75) is 38.8 Å². The van der Waals surface area contributed by atoms with Crippen LogP contribution < -0.4 is 10.7 Å². The maximum absolute atomic E-state index is 13.5. The number of benzene rings is 3. The summed E-state index contributed by atoms with van der Waals surface area (Å²) in [5.41, 5.74) is 4.80. The van der Waals surface area contributed by atoms with E-state index in [1.54, 1.807) is 6.20 Å². The van der Waals surface area contributed by atoms with E-state index in [4.69, 9.17) is 4.74 Å². The van der Waals surface area contributed by atoms with Gasteiger partial charge in [-0.3, -0.25) is 9.59 Å². The highest BCUT2D eigenvalue weighted by Crippen LogP contribution is 2.34. The quantitative estimate of drug-likeness (QED) is 0.242. The first kappa shape index (κ1) is 27.3. The monoisotopic (exact) mass is 563 g/mol. The molecule has 0 unspecified atom stereocenters. The molecule has 2 amide bonds. The number of nitrogens with zero attached hydrogens (tertiary/aromatic N) is 2. The van der Waals surface area contributed by atoms with Gasteiger partial charge in [-0.1, -0.05) is 44.2 Å². The number of aromatic amines is 2. The molecule has 0 saturated carbocycles. The second-order valence-corrected chi connectivity index (χ2v) is 11.1. The lowest BCUT2D eigenvalue weighted by atomic mass is 9.98. The number of likely N-dealkylation sites (tertiary alicyclic amines) is 1. The first-order valence-electron chi connectivity index (χ1n) is 14.2. The molecule has 0 aliphatic carbocycles. The molecular formula is C33H33N5O4. The second kappa shape index (κ2) is 11.2. The van der Waals surface area contributed by atoms with Gasteiger partial charge in [0.15, 0.2) is 5.43 Å². The van der Waals surface area contributed by atoms with Gasteiger partial charge in [-0.05, 0) is 64.9 Å². The number of pyridine rings is 1. The average Bonchev–Trinajstić information content (AvgIpc) is 3.69. The van der Waals surface area contributed by atoms with Gasteiger partial charge in [-0.15, -0.1) is 0 Å². The fraction of sp³-hybridized carbons (Fsp3) is 0.273. The van der Waals surface area contributed by atoms with Gasteiger partial charge in [-0.2, -0.15) is 0 Å². The lowest BCUT2D eigenvalue weighted by Crippen LogP contribution is -2.51. The molecule has 2 aromatic heterocycles. The Labute approximate surface area is 242 Å². The molecule has 3 heterocycles. The largest absolute Gasteiger partial charge is 0.453 e. The molecule has 1 aliphatic rings. The fourth-order valence-corrected chi connectivity index (χ4v) is 5.79. The van der Waals surface area contributed by atoms with Crippen molar-refractivity contribution in [3.05, 3.63) is 89.1 Å². The number of hydrogen-bond acceptors (Lipinski definition) is 5. The standard InChI is InChI=1S/C33H33N5O4/c1-19(2)30(37-33(41)42-3)32(40)38-14-4-5-28(38)31-35-18-27(36-31)24-9-8-20-15-21(6-7-22(20)16-24)23-10-11-25-26(17-23)34-13-12-29(25)39/h6-13,15-19,28,30H,4-5,14H2,1-3H3,(H,34,39)(H,35,36)(H,37,41)/t28-,30-/m0/s1. The van der Waals surface area contributed by atoms with Crippen molar-refractivity contribution in [2.24, 2.45) is 5.92 Å². The molecule has 42 heavy (non-hydrogen) atoms. The number of fused-ring (bicyclic) bond motifs is 2. The summed E-state index contributed by atoms with van der Waals surface area (Å²) in [4.78, 5) is 50.5. The molecule has 0 spiro atoms. The lowest BCUT2D eigenvalue weighted by molar-refractivity contribution is -0.135. The average molecular weight is 564 g/mol. The number of carbonyl (C=O) groups excluding carboxylic acids is 2. The summed E-state index contributed by atoms with van der Waals surface area (Å²) in [5, 5.41) is 5.56. The van der Waals surface area contributed by atoms with Crippen LogP contribution in [0, 0.1) is 5.92 Å². The minimum absolute atomic E-state index is 0.00543. The zero-order valence-electron chi connectivity index (χ0n) is 23.8. The van der Waals surface area contributed by atoms with Gasteiger partial charge < -0.3 is 24.9 Å². The fourth-order valence-electron chi connectivity index (χ4n) is 5.79. The Morgan fingerprint density at radius 2 is 1.71 bits per heavy atom. The van der Waals surface area contributed by atoms with Crippen LogP contribution in [0.15, 0.2) is 77.9 Å². The maximum Gasteiger partial charge on any atom is 0.407 e. The van der Waals surface area contributed by atoms with Gasteiger partial charge in [0, 0.05) is 35.3 Å². The molecule has 3 N–H and O–H groups in total. The molecule has 1 saturated heterocycles. The van der Waals surface area contributed by atoms with Crippen LogP contribution in [-0.4, -0.2) is 51.5 Å². The molecule has 9 heteroatoms. The van der Waals surface area contributed by atoms with Crippen LogP contribution in [0.25, 0.3) is 44.1 Å². The summed E-state index contributed by atoms with van der Waals surface area (Å²) in [7, 11) is 1.29. The number of ether oxygens (including phenoxy) is 1. The van der Waals surface area contributed by atoms with Gasteiger partial charge >= 0.3 is 6.09 Å². The van der Waals surface area contributed by atoms with E-state index in [1.165, 1.54) is 13.2 Å². The topological polar surface area (TPSA) is 120 Å². The molecule has 3 aromatic carbocycles. The summed E-state index contributed by atoms with van der Waals surface area (Å²) in [5.74, 6) is 0.518. The first-order chi connectivity index (χ1) is 20.3. The molecular weight excluding hydrogens is 530 g/mol. The summed E-state index contributed by atoms with van der Waals surface area (Å²) >= 11 is 0. The molecule has 6 rings (SSSR count). The van der Waals surface area contributed by atoms with Crippen molar-refractivity contribution in [3.63, 3.8) is 0 Å². The minimum Gasteiger partial charge on any atom is -0.453 e. The smallest absolute Gasteiger partial charge is 0.407 e. The van der Waals surface area contributed by atoms with Crippen molar-refractivity contribution in [1.29, 1.82) is 0 Å². The van der Waals surface area contributed by atoms with Crippen molar-refractivity contribution < 1.29 is 14.3 Å². The number of hydrogen-bond donors (Lipinski definition) is 3. The van der Waals surface area contributed by atoms with E-state index < -0.39 is 12.1 Å². The summed E-state index contributed by atoms with van der Waals surface area (Å²) < 4.78 is 4.74. The third kappa shape index (κ3) is 5.13. The van der Waals surface area contributed by atoms with Crippen LogP contribution in [0.2, 0.25) is 0 Å². The number of H-pyrrole nitrogens is 2. The van der Waals surface area contributed by atoms with Crippen molar-refractivity contribution >= 4 is 33.7 Å². The highest BCUT2D eigenvalue weighted by molar-refractivity contribution is 5.92. The summed E-state index contributed by atoms with van der Waals surface area (Å²) in [6.07, 6.45) is 4.53. The number of nitrogens with one attached hydrogen (secondary N) is 3. The van der Waals surface area contributed by atoms with Crippen LogP contribution in [0.4, 0.5) is 4.79 Å². The molecule has 1 aliphatic heterocycles. The Kier molecular flexibility index (Phi) is 7.24. The van der Waals surface area contributed by atoms with Crippen molar-refractivity contribution in [3.8, 4) is 22.4 Å². The third-order valence-corrected chi connectivity index (χ3v) is 8.08. The molecule has 2 atom stereocenters. The second-order valence-electron chi connectivity index (χ2n) is 11.1. The van der Waals surface area contributed by atoms with Gasteiger partial charge in [0.25, 0.3) is 0 Å². The Morgan fingerprint density at radius 1 is 1.00 bits per heavy atom. The van der Waals surface area contributed by atoms with Crippen LogP contribution in [-0.2, 0) is 9.53 Å². The molecule has 9 nitrogen and oxygen atoms in total. The highest BCUT2D eigenvalue weighted by Gasteiger charge is 2.37. The number of methoxy groups -OCH3 is 1. The Bertz CT molecular complexity index is 1860. The number of rotatable bonds is 6. The van der Waals surface area contributed by atoms with Crippen LogP contribution in [0.3, 0.4) is 0 Å². The van der Waals surface area contributed by atoms with E-state index in [9.17, 15) is 14.4 Å². The zero-order chi connectivity index (χ0) is 29.4. The SMILES string of the molecule is COC(=O)N[C@H](C(=O)N1CCC[C@H]1c1ncc(-c2ccc3cc(-c4ccc5c(=O)cc[nH]c5c4)ccc3c2)[nH]1)C(C)C. The summed E-state index contributed by atoms with van der Waals surface area (Å²) in [6.45, 7) is 4.42. The molecule has 0 bridgehead atoms. The molecule has 5 aromatic rings. The van der Waals surface area contributed by atoms with Crippen molar-refractivity contribution in [2.75, 3.05) is 13.7 Å². The van der Waals surface area contributed by atoms with Gasteiger partial charge in [0.2, 0.25) is 5.91 Å². The lowest BCUT2D eigenvalue weighted by Gasteiger charge is -2.30. The van der Waals surface area contributed by atoms with E-state index in [-0.39, 0.29) is 23.3 Å². The van der Waals surface area contributed by atoms with E-state index >= 15 is 0 Å². The van der Waals surface area contributed by atoms with Gasteiger partial charge in [-0.25, -0.2) is 9.78 Å². The van der Waals surface area contributed by atoms with E-state index in [0.717, 1.165) is 57.3 Å². The molecule has 1 fully saturated rings. The van der Waals surface area contributed by atoms with Crippen LogP contribution >= 0.6 is 0 Å². The first-order valence-corrected chi connectivity index (χ1v) is 14.2. The number of carbonyl (C=O) groups is 2. The predicted molar refractivity (Wildman–Crippen MR) is 163 cm³/mol. The van der Waals surface area contributed by atoms with E-state index in [0.29, 0.717) is 11.9 Å². The Balaban J connectivity index is 1.24. The number of imidazole rings is 1. The van der Waals surface area contributed by atoms with Crippen molar-refractivity contribution in [1.82, 2.24) is 25.2 Å². The maximum atomic E-state index is 13.5. The Hall–Kier alpha value is -4.92. The number of alkyl carbamates (subject to hydrolysis) is 1. The summed E-state index contributed by atoms with van der Waals surface area (Å²) in [6, 6.07) is 19.1. The minimum atomic E-state index is -0.672. The Morgan fingerprint density at radius 3 is 2.48 bits per heavy atom. The van der Waals surface area contributed by atoms with Crippen LogP contribution in [0.5, 0.6) is 0 Å². The number of amides is 2. The molecule has 214 valence electrons. The molecule has 0 radical (unpaired) electrons. The zero-order valence-corrected chi connectivity index (χ0v) is 23.8. The highest BCUT2D eigenvalue weighted by atomic mass is 16.5. The van der Waals surface area contributed by atoms with E-state index in [2.05, 4.69) is 56.7 Å². The van der Waals surface area contributed by atoms with E-state index in [1.807, 2.05) is 43.1 Å². The normalized spacial score (nSPS) is 15.8. The third-order valence-electron chi connectivity index (χ3n) is 8.08. The predicted octanol–water partition coefficient (Wildman–Crippen LogP) is 5.78. The van der Waals surface area contributed by atoms with Crippen LogP contribution in [0.1, 0.15) is 38.6 Å². The van der Waals surface area contributed by atoms with Gasteiger partial charge in [0.1, 0.15) is 11.9 Å². The number of aromatic nitrogens is 3.